The van der Waals surface area contributed by atoms with E-state index in [2.05, 4.69) is 32.4 Å². The number of carbonyl (C=O) groups is 3. The molecule has 1 aromatic rings. The number of nitrogens with zero attached hydrogens (tertiary/aromatic N) is 3. The van der Waals surface area contributed by atoms with Gasteiger partial charge in [0.2, 0.25) is 5.91 Å². The van der Waals surface area contributed by atoms with Gasteiger partial charge in [-0.3, -0.25) is 19.8 Å². The first-order valence-corrected chi connectivity index (χ1v) is 9.70. The van der Waals surface area contributed by atoms with Crippen LogP contribution in [0.4, 0.5) is 4.79 Å². The van der Waals surface area contributed by atoms with E-state index in [0.717, 1.165) is 44.5 Å². The van der Waals surface area contributed by atoms with Gasteiger partial charge in [-0.15, -0.1) is 0 Å². The third-order valence-corrected chi connectivity index (χ3v) is 6.07. The molecule has 2 saturated heterocycles. The van der Waals surface area contributed by atoms with E-state index >= 15 is 0 Å². The Morgan fingerprint density at radius 1 is 1.30 bits per heavy atom. The van der Waals surface area contributed by atoms with Gasteiger partial charge in [0.25, 0.3) is 5.91 Å². The van der Waals surface area contributed by atoms with Crippen molar-refractivity contribution in [3.05, 3.63) is 17.7 Å². The molecule has 3 aliphatic heterocycles. The molecule has 146 valence electrons. The zero-order valence-electron chi connectivity index (χ0n) is 15.6. The van der Waals surface area contributed by atoms with Gasteiger partial charge >= 0.3 is 6.03 Å². The summed E-state index contributed by atoms with van der Waals surface area (Å²) in [6.45, 7) is 5.48. The fourth-order valence-corrected chi connectivity index (χ4v) is 4.70. The number of H-pyrrole nitrogens is 1. The lowest BCUT2D eigenvalue weighted by Crippen LogP contribution is -2.57. The Balaban J connectivity index is 1.45. The topological polar surface area (TPSA) is 110 Å². The number of nitrogens with one attached hydrogen (secondary N) is 3. The van der Waals surface area contributed by atoms with Crippen LogP contribution in [0.3, 0.4) is 0 Å². The summed E-state index contributed by atoms with van der Waals surface area (Å²) in [5, 5.41) is 4.67. The fraction of sp³-hybridized carbons (Fsp3) is 0.667. The van der Waals surface area contributed by atoms with Crippen molar-refractivity contribution in [1.29, 1.82) is 0 Å². The monoisotopic (exact) mass is 374 g/mol. The summed E-state index contributed by atoms with van der Waals surface area (Å²) in [7, 11) is 0. The molecule has 3 aliphatic rings. The van der Waals surface area contributed by atoms with Crippen LogP contribution in [0.15, 0.2) is 6.33 Å². The smallest absolute Gasteiger partial charge is 0.322 e. The summed E-state index contributed by atoms with van der Waals surface area (Å²) >= 11 is 0. The van der Waals surface area contributed by atoms with E-state index in [-0.39, 0.29) is 17.9 Å². The van der Waals surface area contributed by atoms with Gasteiger partial charge in [0, 0.05) is 31.7 Å². The highest BCUT2D eigenvalue weighted by atomic mass is 16.2. The van der Waals surface area contributed by atoms with Crippen LogP contribution in [0.5, 0.6) is 0 Å². The molecular weight excluding hydrogens is 348 g/mol. The van der Waals surface area contributed by atoms with E-state index < -0.39 is 18.0 Å². The van der Waals surface area contributed by atoms with Crippen molar-refractivity contribution < 1.29 is 14.4 Å². The predicted molar refractivity (Wildman–Crippen MR) is 96.7 cm³/mol. The largest absolute Gasteiger partial charge is 0.348 e. The molecule has 1 atom stereocenters. The van der Waals surface area contributed by atoms with Crippen LogP contribution < -0.4 is 10.6 Å². The number of imide groups is 1. The van der Waals surface area contributed by atoms with Crippen LogP contribution in [-0.4, -0.2) is 69.8 Å². The summed E-state index contributed by atoms with van der Waals surface area (Å²) in [6.07, 6.45) is 5.52. The first-order valence-electron chi connectivity index (χ1n) is 9.70. The van der Waals surface area contributed by atoms with E-state index in [1.807, 2.05) is 4.90 Å². The van der Waals surface area contributed by atoms with Crippen molar-refractivity contribution in [2.75, 3.05) is 26.2 Å². The average Bonchev–Trinajstić information content (AvgIpc) is 3.25. The molecule has 0 aromatic carbocycles. The summed E-state index contributed by atoms with van der Waals surface area (Å²) in [4.78, 5) is 47.8. The van der Waals surface area contributed by atoms with E-state index in [1.54, 1.807) is 6.33 Å². The summed E-state index contributed by atoms with van der Waals surface area (Å²) in [5.74, 6) is -0.517. The number of urea groups is 1. The lowest BCUT2D eigenvalue weighted by molar-refractivity contribution is -0.136. The van der Waals surface area contributed by atoms with Gasteiger partial charge in [0.1, 0.15) is 6.04 Å². The molecule has 2 fully saturated rings. The second-order valence-corrected chi connectivity index (χ2v) is 7.60. The number of fused-ring (bicyclic) bond motifs is 2. The Kier molecular flexibility index (Phi) is 4.63. The Morgan fingerprint density at radius 2 is 2.07 bits per heavy atom. The number of aromatic nitrogens is 2. The average molecular weight is 374 g/mol. The lowest BCUT2D eigenvalue weighted by Gasteiger charge is -2.50. The fourth-order valence-electron chi connectivity index (χ4n) is 4.70. The minimum atomic E-state index is -0.759. The Bertz CT molecular complexity index is 752. The number of hydrogen-bond donors (Lipinski definition) is 3. The van der Waals surface area contributed by atoms with Gasteiger partial charge < -0.3 is 15.2 Å². The second-order valence-electron chi connectivity index (χ2n) is 7.60. The first-order chi connectivity index (χ1) is 13.0. The van der Waals surface area contributed by atoms with Crippen molar-refractivity contribution in [1.82, 2.24) is 30.4 Å². The number of hydrogen-bond acceptors (Lipinski definition) is 5. The standard InChI is InChI=1S/C18H26N6O3/c1-2-6-24-7-3-12-15(20-11-19-12)18(24)4-8-23(9-5-18)14(25)10-13-16(26)22-17(27)21-13/h11,13H,2-10H2,1H3,(H,19,20)(H2,21,22,26,27)/t13-/m1/s1. The van der Waals surface area contributed by atoms with Crippen molar-refractivity contribution in [2.45, 2.75) is 50.6 Å². The van der Waals surface area contributed by atoms with Gasteiger partial charge in [-0.25, -0.2) is 9.78 Å². The minimum Gasteiger partial charge on any atom is -0.348 e. The number of aromatic amines is 1. The number of amides is 4. The molecule has 9 heteroatoms. The third kappa shape index (κ3) is 3.09. The summed E-state index contributed by atoms with van der Waals surface area (Å²) < 4.78 is 0. The predicted octanol–water partition coefficient (Wildman–Crippen LogP) is 0.0936. The Labute approximate surface area is 157 Å². The van der Waals surface area contributed by atoms with Gasteiger partial charge in [-0.2, -0.15) is 0 Å². The van der Waals surface area contributed by atoms with Crippen LogP contribution in [0.25, 0.3) is 0 Å². The molecule has 1 spiro atoms. The van der Waals surface area contributed by atoms with Crippen LogP contribution in [0, 0.1) is 0 Å². The minimum absolute atomic E-state index is 0.0108. The van der Waals surface area contributed by atoms with Crippen LogP contribution in [0.1, 0.15) is 44.0 Å². The normalized spacial score (nSPS) is 24.6. The molecule has 0 radical (unpaired) electrons. The highest BCUT2D eigenvalue weighted by Crippen LogP contribution is 2.42. The quantitative estimate of drug-likeness (QED) is 0.647. The van der Waals surface area contributed by atoms with E-state index in [9.17, 15) is 14.4 Å². The highest BCUT2D eigenvalue weighted by molar-refractivity contribution is 6.05. The number of carbonyl (C=O) groups excluding carboxylic acids is 3. The van der Waals surface area contributed by atoms with E-state index in [1.165, 1.54) is 5.69 Å². The van der Waals surface area contributed by atoms with Crippen molar-refractivity contribution in [3.8, 4) is 0 Å². The molecule has 1 aromatic heterocycles. The number of likely N-dealkylation sites (tertiary alicyclic amines) is 1. The number of piperidine rings is 1. The zero-order chi connectivity index (χ0) is 19.0. The van der Waals surface area contributed by atoms with Crippen molar-refractivity contribution >= 4 is 17.8 Å². The molecule has 3 N–H and O–H groups in total. The molecule has 0 bridgehead atoms. The van der Waals surface area contributed by atoms with Crippen LogP contribution in [0.2, 0.25) is 0 Å². The maximum atomic E-state index is 12.6. The Morgan fingerprint density at radius 3 is 2.74 bits per heavy atom. The van der Waals surface area contributed by atoms with Crippen molar-refractivity contribution in [2.24, 2.45) is 0 Å². The van der Waals surface area contributed by atoms with Crippen LogP contribution >= 0.6 is 0 Å². The maximum Gasteiger partial charge on any atom is 0.322 e. The lowest BCUT2D eigenvalue weighted by atomic mass is 9.78. The molecule has 27 heavy (non-hydrogen) atoms. The summed E-state index contributed by atoms with van der Waals surface area (Å²) in [6, 6.07) is -1.29. The highest BCUT2D eigenvalue weighted by Gasteiger charge is 2.47. The SMILES string of the molecule is CCCN1CCc2[nH]cnc2C12CCN(C(=O)C[C@H]1NC(=O)NC1=O)CC2. The molecule has 0 saturated carbocycles. The van der Waals surface area contributed by atoms with Gasteiger partial charge in [0.05, 0.1) is 24.0 Å². The molecule has 0 unspecified atom stereocenters. The molecule has 9 nitrogen and oxygen atoms in total. The van der Waals surface area contributed by atoms with E-state index in [0.29, 0.717) is 13.1 Å². The molecule has 4 heterocycles. The Hall–Kier alpha value is -2.42. The zero-order valence-corrected chi connectivity index (χ0v) is 15.6. The van der Waals surface area contributed by atoms with Gasteiger partial charge in [-0.05, 0) is 25.8 Å². The third-order valence-electron chi connectivity index (χ3n) is 6.07. The molecule has 4 rings (SSSR count). The maximum absolute atomic E-state index is 12.6. The van der Waals surface area contributed by atoms with Gasteiger partial charge in [-0.1, -0.05) is 6.92 Å². The number of imidazole rings is 1. The molecule has 4 amide bonds. The molecule has 0 aliphatic carbocycles. The number of rotatable bonds is 4. The van der Waals surface area contributed by atoms with E-state index in [4.69, 9.17) is 0 Å². The van der Waals surface area contributed by atoms with Crippen molar-refractivity contribution in [3.63, 3.8) is 0 Å². The summed E-state index contributed by atoms with van der Waals surface area (Å²) in [5.41, 5.74) is 2.24. The molecular formula is C18H26N6O3. The first kappa shape index (κ1) is 18.0. The van der Waals surface area contributed by atoms with Gasteiger partial charge in [0.15, 0.2) is 0 Å². The van der Waals surface area contributed by atoms with Crippen LogP contribution in [-0.2, 0) is 21.5 Å². The second kappa shape index (κ2) is 6.95.